The Balaban J connectivity index is 0.000000189. The number of hydrogen-bond donors (Lipinski definition) is 3. The number of nitrogens with one attached hydrogen (secondary N) is 1. The van der Waals surface area contributed by atoms with Crippen molar-refractivity contribution in [3.05, 3.63) is 142 Å². The molecule has 0 spiro atoms. The van der Waals surface area contributed by atoms with E-state index < -0.39 is 5.97 Å². The van der Waals surface area contributed by atoms with Gasteiger partial charge in [0.1, 0.15) is 11.6 Å². The third kappa shape index (κ3) is 13.0. The third-order valence-electron chi connectivity index (χ3n) is 7.47. The molecule has 2 aliphatic rings. The van der Waals surface area contributed by atoms with Crippen LogP contribution in [-0.4, -0.2) is 55.5 Å². The molecule has 9 heteroatoms. The van der Waals surface area contributed by atoms with Gasteiger partial charge in [-0.05, 0) is 123 Å². The van der Waals surface area contributed by atoms with Crippen molar-refractivity contribution in [2.75, 3.05) is 26.3 Å². The summed E-state index contributed by atoms with van der Waals surface area (Å²) in [4.78, 5) is 22.7. The molecule has 252 valence electrons. The van der Waals surface area contributed by atoms with Gasteiger partial charge >= 0.3 is 5.97 Å². The van der Waals surface area contributed by atoms with E-state index in [0.717, 1.165) is 43.6 Å². The topological polar surface area (TPSA) is 111 Å². The van der Waals surface area contributed by atoms with E-state index in [2.05, 4.69) is 29.0 Å². The SMILES string of the molecule is NC[C@H]1CCCO1.O=C(NC[C@H]1CCCO1)c1ccc(C#Cc2ccc(F)cc2)cc1.O=C(O)c1ccc(C#Cc2ccc(F)cc2)cc1. The maximum Gasteiger partial charge on any atom is 0.335 e. The molecule has 0 unspecified atom stereocenters. The molecule has 2 atom stereocenters. The summed E-state index contributed by atoms with van der Waals surface area (Å²) in [6.45, 7) is 2.94. The van der Waals surface area contributed by atoms with Gasteiger partial charge in [0.2, 0.25) is 0 Å². The van der Waals surface area contributed by atoms with Gasteiger partial charge in [0.05, 0.1) is 17.8 Å². The predicted molar refractivity (Wildman–Crippen MR) is 184 cm³/mol. The highest BCUT2D eigenvalue weighted by molar-refractivity contribution is 5.94. The second-order valence-corrected chi connectivity index (χ2v) is 11.2. The first-order valence-corrected chi connectivity index (χ1v) is 16.0. The Kier molecular flexibility index (Phi) is 14.5. The number of hydrogen-bond acceptors (Lipinski definition) is 5. The van der Waals surface area contributed by atoms with Crippen molar-refractivity contribution >= 4 is 11.9 Å². The number of carboxylic acid groups (broad SMARTS) is 1. The molecule has 0 aromatic heterocycles. The van der Waals surface area contributed by atoms with Crippen molar-refractivity contribution in [1.82, 2.24) is 5.32 Å². The van der Waals surface area contributed by atoms with Crippen LogP contribution in [0.4, 0.5) is 8.78 Å². The van der Waals surface area contributed by atoms with Crippen LogP contribution in [0.15, 0.2) is 97.1 Å². The molecule has 0 saturated carbocycles. The van der Waals surface area contributed by atoms with Crippen molar-refractivity contribution in [1.29, 1.82) is 0 Å². The second kappa shape index (κ2) is 19.5. The normalized spacial score (nSPS) is 15.9. The molecule has 0 radical (unpaired) electrons. The van der Waals surface area contributed by atoms with Crippen molar-refractivity contribution in [2.45, 2.75) is 37.9 Å². The Morgan fingerprint density at radius 3 is 1.39 bits per heavy atom. The van der Waals surface area contributed by atoms with E-state index in [1.54, 1.807) is 60.7 Å². The summed E-state index contributed by atoms with van der Waals surface area (Å²) in [6.07, 6.45) is 4.92. The van der Waals surface area contributed by atoms with Crippen LogP contribution < -0.4 is 11.1 Å². The fourth-order valence-electron chi connectivity index (χ4n) is 4.70. The molecule has 0 bridgehead atoms. The van der Waals surface area contributed by atoms with E-state index in [-0.39, 0.29) is 29.2 Å². The molecule has 7 nitrogen and oxygen atoms in total. The zero-order valence-electron chi connectivity index (χ0n) is 27.0. The summed E-state index contributed by atoms with van der Waals surface area (Å²) >= 11 is 0. The second-order valence-electron chi connectivity index (χ2n) is 11.2. The van der Waals surface area contributed by atoms with Crippen molar-refractivity contribution in [3.63, 3.8) is 0 Å². The maximum absolute atomic E-state index is 12.8. The first-order valence-electron chi connectivity index (χ1n) is 16.0. The zero-order chi connectivity index (χ0) is 34.8. The lowest BCUT2D eigenvalue weighted by molar-refractivity contribution is 0.0696. The van der Waals surface area contributed by atoms with Crippen LogP contribution in [0, 0.1) is 35.3 Å². The maximum atomic E-state index is 12.8. The highest BCUT2D eigenvalue weighted by atomic mass is 19.1. The highest BCUT2D eigenvalue weighted by Crippen LogP contribution is 2.12. The Bertz CT molecular complexity index is 1760. The van der Waals surface area contributed by atoms with Crippen molar-refractivity contribution < 1.29 is 33.0 Å². The number of carboxylic acids is 1. The highest BCUT2D eigenvalue weighted by Gasteiger charge is 2.16. The summed E-state index contributed by atoms with van der Waals surface area (Å²) in [7, 11) is 0. The molecule has 2 saturated heterocycles. The summed E-state index contributed by atoms with van der Waals surface area (Å²) in [6, 6.07) is 25.3. The quantitative estimate of drug-likeness (QED) is 0.220. The fraction of sp³-hybridized carbons (Fsp3) is 0.250. The number of aromatic carboxylic acids is 1. The Hall–Kier alpha value is -5.32. The number of carbonyl (C=O) groups excluding carboxylic acids is 1. The number of carbonyl (C=O) groups is 2. The average Bonchev–Trinajstić information content (AvgIpc) is 3.86. The number of amides is 1. The Labute approximate surface area is 285 Å². The summed E-state index contributed by atoms with van der Waals surface area (Å²) in [5.41, 5.74) is 9.10. The summed E-state index contributed by atoms with van der Waals surface area (Å²) in [5, 5.41) is 11.6. The first-order chi connectivity index (χ1) is 23.8. The number of rotatable bonds is 5. The minimum Gasteiger partial charge on any atom is -0.478 e. The van der Waals surface area contributed by atoms with Crippen molar-refractivity contribution in [2.24, 2.45) is 5.73 Å². The zero-order valence-corrected chi connectivity index (χ0v) is 27.0. The molecule has 1 amide bonds. The van der Waals surface area contributed by atoms with E-state index in [9.17, 15) is 18.4 Å². The van der Waals surface area contributed by atoms with E-state index in [1.165, 1.54) is 42.8 Å². The van der Waals surface area contributed by atoms with Crippen LogP contribution >= 0.6 is 0 Å². The van der Waals surface area contributed by atoms with E-state index in [1.807, 2.05) is 0 Å². The van der Waals surface area contributed by atoms with Crippen LogP contribution in [0.25, 0.3) is 0 Å². The lowest BCUT2D eigenvalue weighted by Crippen LogP contribution is -2.31. The average molecular weight is 665 g/mol. The predicted octanol–water partition coefficient (Wildman–Crippen LogP) is 6.18. The van der Waals surface area contributed by atoms with Gasteiger partial charge in [0.15, 0.2) is 0 Å². The van der Waals surface area contributed by atoms with Gasteiger partial charge in [-0.3, -0.25) is 4.79 Å². The molecular weight excluding hydrogens is 626 g/mol. The van der Waals surface area contributed by atoms with Crippen LogP contribution in [0.3, 0.4) is 0 Å². The van der Waals surface area contributed by atoms with Crippen LogP contribution in [0.5, 0.6) is 0 Å². The van der Waals surface area contributed by atoms with E-state index in [0.29, 0.717) is 35.9 Å². The van der Waals surface area contributed by atoms with Gasteiger partial charge in [-0.25, -0.2) is 13.6 Å². The van der Waals surface area contributed by atoms with E-state index >= 15 is 0 Å². The largest absolute Gasteiger partial charge is 0.478 e. The van der Waals surface area contributed by atoms with Crippen LogP contribution in [0.2, 0.25) is 0 Å². The molecule has 6 rings (SSSR count). The van der Waals surface area contributed by atoms with Crippen LogP contribution in [-0.2, 0) is 9.47 Å². The molecule has 49 heavy (non-hydrogen) atoms. The van der Waals surface area contributed by atoms with Gasteiger partial charge < -0.3 is 25.6 Å². The lowest BCUT2D eigenvalue weighted by Gasteiger charge is -2.10. The number of nitrogens with two attached hydrogens (primary N) is 1. The monoisotopic (exact) mass is 664 g/mol. The first kappa shape index (κ1) is 36.5. The number of benzene rings is 4. The van der Waals surface area contributed by atoms with E-state index in [4.69, 9.17) is 20.3 Å². The van der Waals surface area contributed by atoms with Gasteiger partial charge in [0, 0.05) is 54.1 Å². The molecule has 2 fully saturated rings. The molecule has 0 aliphatic carbocycles. The van der Waals surface area contributed by atoms with Crippen LogP contribution in [0.1, 0.15) is 68.7 Å². The number of halogens is 2. The molecule has 4 N–H and O–H groups in total. The minimum atomic E-state index is -0.965. The number of ether oxygens (including phenoxy) is 2. The summed E-state index contributed by atoms with van der Waals surface area (Å²) < 4.78 is 36.2. The Morgan fingerprint density at radius 2 is 1.04 bits per heavy atom. The molecule has 2 heterocycles. The smallest absolute Gasteiger partial charge is 0.335 e. The molecular formula is C40H38F2N2O5. The standard InChI is InChI=1S/C20H18FNO2.C15H9FO2.C5H11NO/c21-18-11-7-16(8-12-18)4-3-15-5-9-17(10-6-15)20(23)22-14-19-2-1-13-24-19;16-14-9-5-12(6-10-14)2-1-11-3-7-13(8-4-11)15(17)18;6-4-5-2-1-3-7-5/h5-12,19H,1-2,13-14H2,(H,22,23);3-10H,(H,17,18);5H,1-4,6H2/t19-;;5-/m1.1/s1. The lowest BCUT2D eigenvalue weighted by atomic mass is 10.1. The van der Waals surface area contributed by atoms with Gasteiger partial charge in [-0.2, -0.15) is 0 Å². The molecule has 2 aliphatic heterocycles. The molecule has 4 aromatic rings. The fourth-order valence-corrected chi connectivity index (χ4v) is 4.70. The van der Waals surface area contributed by atoms with Crippen molar-refractivity contribution in [3.8, 4) is 23.7 Å². The minimum absolute atomic E-state index is 0.108. The molecule has 4 aromatic carbocycles. The van der Waals surface area contributed by atoms with Gasteiger partial charge in [0.25, 0.3) is 5.91 Å². The Morgan fingerprint density at radius 1 is 0.653 bits per heavy atom. The van der Waals surface area contributed by atoms with Gasteiger partial charge in [-0.15, -0.1) is 0 Å². The third-order valence-corrected chi connectivity index (χ3v) is 7.47. The summed E-state index contributed by atoms with van der Waals surface area (Å²) in [5.74, 6) is 10.1. The van der Waals surface area contributed by atoms with Gasteiger partial charge in [-0.1, -0.05) is 23.7 Å².